The second-order valence-corrected chi connectivity index (χ2v) is 9.34. The number of H-pyrrole nitrogens is 1. The summed E-state index contributed by atoms with van der Waals surface area (Å²) < 4.78 is 5.53. The molecule has 1 atom stereocenters. The number of morpholine rings is 1. The van der Waals surface area contributed by atoms with Gasteiger partial charge < -0.3 is 19.7 Å². The summed E-state index contributed by atoms with van der Waals surface area (Å²) >= 11 is 1.68. The molecule has 3 aromatic rings. The van der Waals surface area contributed by atoms with Crippen LogP contribution >= 0.6 is 11.8 Å². The van der Waals surface area contributed by atoms with Gasteiger partial charge in [0.1, 0.15) is 17.2 Å². The third-order valence-corrected chi connectivity index (χ3v) is 7.05. The van der Waals surface area contributed by atoms with Gasteiger partial charge in [0.2, 0.25) is 0 Å². The molecule has 5 heterocycles. The first-order valence-electron chi connectivity index (χ1n) is 9.84. The van der Waals surface area contributed by atoms with Crippen LogP contribution in [0, 0.1) is 6.92 Å². The molecule has 0 radical (unpaired) electrons. The quantitative estimate of drug-likeness (QED) is 0.676. The van der Waals surface area contributed by atoms with Crippen molar-refractivity contribution >= 4 is 28.7 Å². The molecule has 1 saturated heterocycles. The third kappa shape index (κ3) is 3.47. The molecule has 0 aliphatic carbocycles. The number of nitrogens with zero attached hydrogens (tertiary/aromatic N) is 5. The predicted octanol–water partition coefficient (Wildman–Crippen LogP) is 2.35. The normalized spacial score (nSPS) is 19.7. The van der Waals surface area contributed by atoms with Crippen molar-refractivity contribution in [3.8, 4) is 11.4 Å². The lowest BCUT2D eigenvalue weighted by Crippen LogP contribution is -2.37. The summed E-state index contributed by atoms with van der Waals surface area (Å²) in [5.41, 5.74) is 2.62. The summed E-state index contributed by atoms with van der Waals surface area (Å²) in [5.74, 6) is 2.42. The Labute approximate surface area is 173 Å². The van der Waals surface area contributed by atoms with E-state index in [1.165, 1.54) is 0 Å². The number of pyridine rings is 1. The second kappa shape index (κ2) is 6.93. The zero-order valence-corrected chi connectivity index (χ0v) is 17.6. The fraction of sp³-hybridized carbons (Fsp3) is 0.500. The Morgan fingerprint density at radius 1 is 1.24 bits per heavy atom. The molecule has 0 amide bonds. The molecule has 152 valence electrons. The number of aliphatic hydroxyl groups is 1. The summed E-state index contributed by atoms with van der Waals surface area (Å²) in [6.07, 6.45) is 2.51. The fourth-order valence-corrected chi connectivity index (χ4v) is 5.11. The van der Waals surface area contributed by atoms with Crippen LogP contribution < -0.4 is 4.90 Å². The van der Waals surface area contributed by atoms with Crippen molar-refractivity contribution in [2.75, 3.05) is 31.2 Å². The van der Waals surface area contributed by atoms with E-state index in [4.69, 9.17) is 14.7 Å². The van der Waals surface area contributed by atoms with Crippen LogP contribution in [-0.4, -0.2) is 67.2 Å². The van der Waals surface area contributed by atoms with E-state index in [0.29, 0.717) is 25.5 Å². The minimum absolute atomic E-state index is 0.0523. The van der Waals surface area contributed by atoms with Crippen LogP contribution in [-0.2, 0) is 11.2 Å². The maximum Gasteiger partial charge on any atom is 0.163 e. The van der Waals surface area contributed by atoms with Gasteiger partial charge in [-0.3, -0.25) is 0 Å². The van der Waals surface area contributed by atoms with Crippen molar-refractivity contribution in [2.45, 2.75) is 42.9 Å². The van der Waals surface area contributed by atoms with Crippen LogP contribution in [0.15, 0.2) is 17.2 Å². The average Bonchev–Trinajstić information content (AvgIpc) is 3.29. The molecule has 0 aromatic carbocycles. The molecular formula is C20H24N6O2S. The lowest BCUT2D eigenvalue weighted by atomic mass is 10.0. The molecule has 0 spiro atoms. The van der Waals surface area contributed by atoms with E-state index in [-0.39, 0.29) is 5.25 Å². The van der Waals surface area contributed by atoms with E-state index in [9.17, 15) is 5.11 Å². The van der Waals surface area contributed by atoms with E-state index in [2.05, 4.69) is 19.9 Å². The zero-order valence-electron chi connectivity index (χ0n) is 16.8. The van der Waals surface area contributed by atoms with Gasteiger partial charge in [0.05, 0.1) is 29.4 Å². The fourth-order valence-electron chi connectivity index (χ4n) is 3.75. The van der Waals surface area contributed by atoms with Crippen molar-refractivity contribution in [1.82, 2.24) is 24.9 Å². The van der Waals surface area contributed by atoms with Gasteiger partial charge in [0.25, 0.3) is 0 Å². The molecule has 0 bridgehead atoms. The second-order valence-electron chi connectivity index (χ2n) is 8.12. The van der Waals surface area contributed by atoms with Gasteiger partial charge in [0, 0.05) is 36.5 Å². The number of imidazole rings is 1. The van der Waals surface area contributed by atoms with E-state index in [1.54, 1.807) is 18.0 Å². The minimum atomic E-state index is -0.791. The Hall–Kier alpha value is -2.23. The highest BCUT2D eigenvalue weighted by Gasteiger charge is 2.38. The summed E-state index contributed by atoms with van der Waals surface area (Å²) in [6, 6.07) is 1.98. The van der Waals surface area contributed by atoms with Crippen molar-refractivity contribution in [3.63, 3.8) is 0 Å². The maximum atomic E-state index is 10.6. The number of rotatable bonds is 3. The SMILES string of the molecule is Cc1nc2cc(-c3nc4c(c(N5CCOCC5)n3)SC(C(C)(C)O)C4)cnc2[nH]1. The monoisotopic (exact) mass is 412 g/mol. The zero-order chi connectivity index (χ0) is 20.2. The van der Waals surface area contributed by atoms with Crippen LogP contribution in [0.2, 0.25) is 0 Å². The predicted molar refractivity (Wildman–Crippen MR) is 112 cm³/mol. The van der Waals surface area contributed by atoms with E-state index < -0.39 is 5.60 Å². The molecule has 0 saturated carbocycles. The Morgan fingerprint density at radius 3 is 2.79 bits per heavy atom. The highest BCUT2D eigenvalue weighted by atomic mass is 32.2. The van der Waals surface area contributed by atoms with E-state index in [0.717, 1.165) is 52.0 Å². The van der Waals surface area contributed by atoms with E-state index in [1.807, 2.05) is 26.8 Å². The Bertz CT molecular complexity index is 1070. The molecule has 29 heavy (non-hydrogen) atoms. The molecule has 9 heteroatoms. The van der Waals surface area contributed by atoms with Crippen LogP contribution in [0.4, 0.5) is 5.82 Å². The van der Waals surface area contributed by atoms with Crippen molar-refractivity contribution in [2.24, 2.45) is 0 Å². The first-order valence-corrected chi connectivity index (χ1v) is 10.7. The van der Waals surface area contributed by atoms with Gasteiger partial charge in [0.15, 0.2) is 11.5 Å². The Morgan fingerprint density at radius 2 is 2.03 bits per heavy atom. The lowest BCUT2D eigenvalue weighted by molar-refractivity contribution is 0.0784. The third-order valence-electron chi connectivity index (χ3n) is 5.37. The number of aromatic amines is 1. The number of ether oxygens (including phenoxy) is 1. The first-order chi connectivity index (χ1) is 13.9. The molecule has 5 rings (SSSR count). The van der Waals surface area contributed by atoms with Crippen LogP contribution in [0.3, 0.4) is 0 Å². The topological polar surface area (TPSA) is 100 Å². The van der Waals surface area contributed by atoms with Crippen molar-refractivity contribution < 1.29 is 9.84 Å². The van der Waals surface area contributed by atoms with Gasteiger partial charge in [-0.1, -0.05) is 0 Å². The Balaban J connectivity index is 1.61. The standard InChI is InChI=1S/C20H24N6O2S/c1-11-22-14-8-12(10-21-18(14)23-11)17-24-13-9-15(20(2,3)27)29-16(13)19(25-17)26-4-6-28-7-5-26/h8,10,15,27H,4-7,9H2,1-3H3,(H,21,22,23). The molecule has 3 aromatic heterocycles. The smallest absolute Gasteiger partial charge is 0.163 e. The highest BCUT2D eigenvalue weighted by molar-refractivity contribution is 8.00. The largest absolute Gasteiger partial charge is 0.389 e. The number of thioether (sulfide) groups is 1. The lowest BCUT2D eigenvalue weighted by Gasteiger charge is -2.29. The maximum absolute atomic E-state index is 10.6. The van der Waals surface area contributed by atoms with E-state index >= 15 is 0 Å². The molecule has 1 fully saturated rings. The molecule has 8 nitrogen and oxygen atoms in total. The number of anilines is 1. The highest BCUT2D eigenvalue weighted by Crippen LogP contribution is 2.46. The summed E-state index contributed by atoms with van der Waals surface area (Å²) in [4.78, 5) is 25.3. The molecule has 1 unspecified atom stereocenters. The molecule has 2 aliphatic rings. The van der Waals surface area contributed by atoms with Gasteiger partial charge in [-0.15, -0.1) is 11.8 Å². The van der Waals surface area contributed by atoms with Gasteiger partial charge >= 0.3 is 0 Å². The van der Waals surface area contributed by atoms with Crippen molar-refractivity contribution in [3.05, 3.63) is 23.8 Å². The van der Waals surface area contributed by atoms with Crippen LogP contribution in [0.1, 0.15) is 25.4 Å². The number of hydrogen-bond donors (Lipinski definition) is 2. The Kier molecular flexibility index (Phi) is 4.49. The summed E-state index contributed by atoms with van der Waals surface area (Å²) in [5, 5.41) is 10.6. The minimum Gasteiger partial charge on any atom is -0.389 e. The number of fused-ring (bicyclic) bond motifs is 2. The average molecular weight is 413 g/mol. The molecule has 2 N–H and O–H groups in total. The van der Waals surface area contributed by atoms with Gasteiger partial charge in [-0.05, 0) is 26.8 Å². The number of nitrogens with one attached hydrogen (secondary N) is 1. The summed E-state index contributed by atoms with van der Waals surface area (Å²) in [7, 11) is 0. The van der Waals surface area contributed by atoms with Crippen molar-refractivity contribution in [1.29, 1.82) is 0 Å². The number of aryl methyl sites for hydroxylation is 1. The van der Waals surface area contributed by atoms with Crippen LogP contribution in [0.25, 0.3) is 22.6 Å². The van der Waals surface area contributed by atoms with Gasteiger partial charge in [-0.2, -0.15) is 0 Å². The number of hydrogen-bond acceptors (Lipinski definition) is 8. The summed E-state index contributed by atoms with van der Waals surface area (Å²) in [6.45, 7) is 8.60. The molecule has 2 aliphatic heterocycles. The molecular weight excluding hydrogens is 388 g/mol. The van der Waals surface area contributed by atoms with Gasteiger partial charge in [-0.25, -0.2) is 19.9 Å². The number of aromatic nitrogens is 5. The van der Waals surface area contributed by atoms with Crippen LogP contribution in [0.5, 0.6) is 0 Å². The first kappa shape index (κ1) is 18.8.